The molecule has 128 valence electrons. The Hall–Kier alpha value is -1.89. The maximum Gasteiger partial charge on any atom is 0.254 e. The van der Waals surface area contributed by atoms with Gasteiger partial charge in [0.05, 0.1) is 11.7 Å². The molecule has 0 aliphatic heterocycles. The van der Waals surface area contributed by atoms with Crippen LogP contribution >= 0.6 is 0 Å². The summed E-state index contributed by atoms with van der Waals surface area (Å²) in [6.45, 7) is 6.00. The largest absolute Gasteiger partial charge is 0.381 e. The number of nitrogens with zero attached hydrogens (tertiary/aromatic N) is 2. The zero-order chi connectivity index (χ0) is 17.0. The van der Waals surface area contributed by atoms with Crippen LogP contribution in [0.3, 0.4) is 0 Å². The van der Waals surface area contributed by atoms with Crippen molar-refractivity contribution in [1.29, 1.82) is 0 Å². The smallest absolute Gasteiger partial charge is 0.254 e. The number of carbonyl (C=O) groups is 1. The molecule has 1 aliphatic rings. The number of rotatable bonds is 5. The van der Waals surface area contributed by atoms with E-state index in [1.165, 1.54) is 6.20 Å². The van der Waals surface area contributed by atoms with Crippen molar-refractivity contribution in [2.75, 3.05) is 17.7 Å². The molecule has 1 saturated carbocycles. The fraction of sp³-hybridized carbons (Fsp3) is 0.688. The Labute approximate surface area is 137 Å². The first-order chi connectivity index (χ1) is 10.8. The zero-order valence-corrected chi connectivity index (χ0v) is 14.3. The van der Waals surface area contributed by atoms with Gasteiger partial charge in [-0.3, -0.25) is 4.79 Å². The van der Waals surface area contributed by atoms with Crippen LogP contribution in [0.1, 0.15) is 56.8 Å². The molecule has 1 fully saturated rings. The van der Waals surface area contributed by atoms with Gasteiger partial charge in [0.2, 0.25) is 5.95 Å². The van der Waals surface area contributed by atoms with Crippen molar-refractivity contribution < 1.29 is 9.53 Å². The van der Waals surface area contributed by atoms with E-state index in [4.69, 9.17) is 10.5 Å². The van der Waals surface area contributed by atoms with Crippen LogP contribution in [0.2, 0.25) is 0 Å². The fourth-order valence-electron chi connectivity index (χ4n) is 2.71. The number of hydrogen-bond acceptors (Lipinski definition) is 6. The molecule has 0 bridgehead atoms. The second-order valence-electron chi connectivity index (χ2n) is 7.05. The summed E-state index contributed by atoms with van der Waals surface area (Å²) in [6, 6.07) is 0.323. The van der Waals surface area contributed by atoms with E-state index in [0.717, 1.165) is 25.7 Å². The molecule has 1 aliphatic carbocycles. The van der Waals surface area contributed by atoms with Gasteiger partial charge in [-0.1, -0.05) is 0 Å². The maximum absolute atomic E-state index is 11.5. The molecular weight excluding hydrogens is 294 g/mol. The molecule has 23 heavy (non-hydrogen) atoms. The van der Waals surface area contributed by atoms with E-state index >= 15 is 0 Å². The first-order valence-electron chi connectivity index (χ1n) is 8.03. The summed E-state index contributed by atoms with van der Waals surface area (Å²) in [5.41, 5.74) is 5.47. The number of methoxy groups -OCH3 is 1. The monoisotopic (exact) mass is 321 g/mol. The summed E-state index contributed by atoms with van der Waals surface area (Å²) >= 11 is 0. The number of nitrogens with two attached hydrogens (primary N) is 1. The molecule has 0 unspecified atom stereocenters. The quantitative estimate of drug-likeness (QED) is 0.768. The van der Waals surface area contributed by atoms with Gasteiger partial charge >= 0.3 is 0 Å². The van der Waals surface area contributed by atoms with Crippen LogP contribution in [0, 0.1) is 0 Å². The third-order valence-electron chi connectivity index (χ3n) is 3.89. The van der Waals surface area contributed by atoms with Crippen molar-refractivity contribution in [3.05, 3.63) is 11.8 Å². The van der Waals surface area contributed by atoms with Gasteiger partial charge in [-0.25, -0.2) is 4.98 Å². The van der Waals surface area contributed by atoms with Gasteiger partial charge < -0.3 is 21.1 Å². The first-order valence-corrected chi connectivity index (χ1v) is 8.03. The fourth-order valence-corrected chi connectivity index (χ4v) is 2.71. The predicted octanol–water partition coefficient (Wildman–Crippen LogP) is 2.16. The lowest BCUT2D eigenvalue weighted by molar-refractivity contribution is 0.0681. The number of aromatic nitrogens is 2. The molecule has 7 heteroatoms. The molecule has 1 heterocycles. The lowest BCUT2D eigenvalue weighted by Gasteiger charge is -2.28. The van der Waals surface area contributed by atoms with Crippen molar-refractivity contribution in [2.45, 2.75) is 64.1 Å². The molecule has 0 saturated heterocycles. The lowest BCUT2D eigenvalue weighted by atomic mass is 9.93. The third kappa shape index (κ3) is 5.06. The van der Waals surface area contributed by atoms with Gasteiger partial charge in [-0.15, -0.1) is 0 Å². The van der Waals surface area contributed by atoms with Crippen molar-refractivity contribution in [2.24, 2.45) is 5.73 Å². The van der Waals surface area contributed by atoms with Crippen LogP contribution in [-0.2, 0) is 4.74 Å². The molecule has 0 atom stereocenters. The van der Waals surface area contributed by atoms with Gasteiger partial charge in [-0.2, -0.15) is 4.98 Å². The highest BCUT2D eigenvalue weighted by atomic mass is 16.5. The van der Waals surface area contributed by atoms with Crippen molar-refractivity contribution in [1.82, 2.24) is 9.97 Å². The minimum atomic E-state index is -0.538. The first kappa shape index (κ1) is 17.5. The highest BCUT2D eigenvalue weighted by Gasteiger charge is 2.22. The van der Waals surface area contributed by atoms with E-state index in [-0.39, 0.29) is 5.54 Å². The molecular formula is C16H27N5O2. The molecule has 4 N–H and O–H groups in total. The van der Waals surface area contributed by atoms with E-state index in [2.05, 4.69) is 20.6 Å². The Balaban J connectivity index is 2.11. The number of primary amides is 1. The van der Waals surface area contributed by atoms with Gasteiger partial charge in [0.15, 0.2) is 0 Å². The van der Waals surface area contributed by atoms with Crippen LogP contribution in [0.15, 0.2) is 6.20 Å². The molecule has 1 amide bonds. The van der Waals surface area contributed by atoms with Gasteiger partial charge in [0, 0.05) is 24.9 Å². The number of hydrogen-bond donors (Lipinski definition) is 3. The summed E-state index contributed by atoms with van der Waals surface area (Å²) < 4.78 is 5.39. The van der Waals surface area contributed by atoms with Crippen LogP contribution in [0.5, 0.6) is 0 Å². The maximum atomic E-state index is 11.5. The summed E-state index contributed by atoms with van der Waals surface area (Å²) in [4.78, 5) is 20.2. The Bertz CT molecular complexity index is 548. The number of ether oxygens (including phenoxy) is 1. The highest BCUT2D eigenvalue weighted by Crippen LogP contribution is 2.24. The minimum Gasteiger partial charge on any atom is -0.381 e. The Morgan fingerprint density at radius 2 is 1.96 bits per heavy atom. The van der Waals surface area contributed by atoms with E-state index in [0.29, 0.717) is 29.5 Å². The molecule has 2 rings (SSSR count). The summed E-state index contributed by atoms with van der Waals surface area (Å²) in [5, 5.41) is 6.56. The number of amides is 1. The van der Waals surface area contributed by atoms with Crippen LogP contribution < -0.4 is 16.4 Å². The van der Waals surface area contributed by atoms with Crippen molar-refractivity contribution in [3.8, 4) is 0 Å². The molecule has 1 aromatic heterocycles. The van der Waals surface area contributed by atoms with Gasteiger partial charge in [0.1, 0.15) is 5.82 Å². The normalized spacial score (nSPS) is 21.7. The number of carbonyl (C=O) groups excluding carboxylic acids is 1. The van der Waals surface area contributed by atoms with Crippen molar-refractivity contribution in [3.63, 3.8) is 0 Å². The second-order valence-corrected chi connectivity index (χ2v) is 7.05. The average Bonchev–Trinajstić information content (AvgIpc) is 2.46. The summed E-state index contributed by atoms with van der Waals surface area (Å²) in [7, 11) is 1.76. The van der Waals surface area contributed by atoms with Gasteiger partial charge in [0.25, 0.3) is 5.91 Å². The SMILES string of the molecule is COC1CCC(Nc2ncc(C(N)=O)c(NC(C)(C)C)n2)CC1. The molecule has 7 nitrogen and oxygen atoms in total. The Morgan fingerprint density at radius 3 is 2.48 bits per heavy atom. The van der Waals surface area contributed by atoms with E-state index < -0.39 is 5.91 Å². The zero-order valence-electron chi connectivity index (χ0n) is 14.3. The molecule has 0 spiro atoms. The van der Waals surface area contributed by atoms with E-state index in [1.807, 2.05) is 20.8 Å². The van der Waals surface area contributed by atoms with Crippen molar-refractivity contribution >= 4 is 17.7 Å². The minimum absolute atomic E-state index is 0.230. The van der Waals surface area contributed by atoms with Crippen LogP contribution in [0.25, 0.3) is 0 Å². The standard InChI is InChI=1S/C16H27N5O2/c1-16(2,3)21-14-12(13(17)22)9-18-15(20-14)19-10-5-7-11(23-4)8-6-10/h9-11H,5-8H2,1-4H3,(H2,17,22)(H2,18,19,20,21). The summed E-state index contributed by atoms with van der Waals surface area (Å²) in [5.74, 6) is 0.444. The Morgan fingerprint density at radius 1 is 1.30 bits per heavy atom. The van der Waals surface area contributed by atoms with E-state index in [9.17, 15) is 4.79 Å². The topological polar surface area (TPSA) is 102 Å². The molecule has 1 aromatic rings. The highest BCUT2D eigenvalue weighted by molar-refractivity contribution is 5.97. The predicted molar refractivity (Wildman–Crippen MR) is 90.6 cm³/mol. The molecule has 0 aromatic carbocycles. The average molecular weight is 321 g/mol. The molecule has 0 radical (unpaired) electrons. The van der Waals surface area contributed by atoms with Crippen LogP contribution in [-0.4, -0.2) is 40.7 Å². The number of nitrogens with one attached hydrogen (secondary N) is 2. The third-order valence-corrected chi connectivity index (χ3v) is 3.89. The second kappa shape index (κ2) is 7.12. The van der Waals surface area contributed by atoms with E-state index in [1.54, 1.807) is 7.11 Å². The lowest BCUT2D eigenvalue weighted by Crippen LogP contribution is -2.31. The summed E-state index contributed by atoms with van der Waals surface area (Å²) in [6.07, 6.45) is 5.92. The number of anilines is 2. The van der Waals surface area contributed by atoms with Crippen LogP contribution in [0.4, 0.5) is 11.8 Å². The Kier molecular flexibility index (Phi) is 5.41. The van der Waals surface area contributed by atoms with Gasteiger partial charge in [-0.05, 0) is 46.5 Å².